The van der Waals surface area contributed by atoms with Crippen LogP contribution >= 0.6 is 0 Å². The number of rotatable bonds is 6. The van der Waals surface area contributed by atoms with E-state index in [0.29, 0.717) is 25.9 Å². The highest BCUT2D eigenvalue weighted by Gasteiger charge is 2.24. The number of aromatic nitrogens is 5. The molecule has 4 rings (SSSR count). The fourth-order valence-corrected chi connectivity index (χ4v) is 3.87. The lowest BCUT2D eigenvalue weighted by molar-refractivity contribution is -0.133. The van der Waals surface area contributed by atoms with Crippen LogP contribution in [0, 0.1) is 6.92 Å². The zero-order valence-electron chi connectivity index (χ0n) is 16.5. The molecule has 29 heavy (non-hydrogen) atoms. The van der Waals surface area contributed by atoms with Crippen molar-refractivity contribution in [3.63, 3.8) is 0 Å². The molecule has 2 amide bonds. The first-order chi connectivity index (χ1) is 14.1. The number of nitrogens with one attached hydrogen (secondary N) is 2. The van der Waals surface area contributed by atoms with E-state index in [9.17, 15) is 9.59 Å². The van der Waals surface area contributed by atoms with Crippen molar-refractivity contribution in [3.8, 4) is 0 Å². The molecule has 3 heterocycles. The number of hydrogen-bond acceptors (Lipinski definition) is 5. The fourth-order valence-electron chi connectivity index (χ4n) is 3.87. The maximum Gasteiger partial charge on any atom is 0.246 e. The maximum absolute atomic E-state index is 12.4. The minimum Gasteiger partial charge on any atom is -0.361 e. The molecule has 2 N–H and O–H groups in total. The van der Waals surface area contributed by atoms with Gasteiger partial charge >= 0.3 is 0 Å². The number of amides is 2. The summed E-state index contributed by atoms with van der Waals surface area (Å²) in [5.74, 6) is 0.0333. The van der Waals surface area contributed by atoms with Crippen LogP contribution in [0.1, 0.15) is 30.4 Å². The van der Waals surface area contributed by atoms with Gasteiger partial charge < -0.3 is 15.2 Å². The molecule has 1 aliphatic heterocycles. The molecule has 0 aliphatic carbocycles. The van der Waals surface area contributed by atoms with Crippen LogP contribution in [-0.2, 0) is 22.6 Å². The molecule has 1 aliphatic rings. The lowest BCUT2D eigenvalue weighted by Crippen LogP contribution is -2.47. The van der Waals surface area contributed by atoms with Gasteiger partial charge in [0.1, 0.15) is 6.54 Å². The van der Waals surface area contributed by atoms with E-state index in [1.54, 1.807) is 4.90 Å². The number of carbonyl (C=O) groups excluding carboxylic acids is 2. The number of H-pyrrole nitrogens is 1. The zero-order valence-corrected chi connectivity index (χ0v) is 16.5. The summed E-state index contributed by atoms with van der Waals surface area (Å²) in [5, 5.41) is 15.5. The van der Waals surface area contributed by atoms with E-state index in [2.05, 4.69) is 44.8 Å². The lowest BCUT2D eigenvalue weighted by atomic mass is 10.0. The van der Waals surface area contributed by atoms with Gasteiger partial charge in [0.05, 0.1) is 0 Å². The molecule has 0 radical (unpaired) electrons. The Morgan fingerprint density at radius 3 is 2.86 bits per heavy atom. The number of carbonyl (C=O) groups is 2. The Kier molecular flexibility index (Phi) is 5.55. The molecule has 1 aromatic carbocycles. The Labute approximate surface area is 168 Å². The van der Waals surface area contributed by atoms with Crippen molar-refractivity contribution in [2.24, 2.45) is 0 Å². The Balaban J connectivity index is 1.22. The van der Waals surface area contributed by atoms with E-state index in [4.69, 9.17) is 0 Å². The first-order valence-corrected chi connectivity index (χ1v) is 9.93. The van der Waals surface area contributed by atoms with Crippen molar-refractivity contribution >= 4 is 22.7 Å². The number of tetrazole rings is 1. The summed E-state index contributed by atoms with van der Waals surface area (Å²) in [5.41, 5.74) is 3.51. The van der Waals surface area contributed by atoms with Crippen LogP contribution in [0.2, 0.25) is 0 Å². The van der Waals surface area contributed by atoms with Gasteiger partial charge in [-0.3, -0.25) is 9.59 Å². The van der Waals surface area contributed by atoms with Crippen LogP contribution < -0.4 is 5.32 Å². The zero-order chi connectivity index (χ0) is 20.2. The first kappa shape index (κ1) is 19.1. The molecule has 152 valence electrons. The third-order valence-corrected chi connectivity index (χ3v) is 5.51. The summed E-state index contributed by atoms with van der Waals surface area (Å²) in [6, 6.07) is 6.33. The van der Waals surface area contributed by atoms with Gasteiger partial charge in [0.2, 0.25) is 11.8 Å². The predicted octanol–water partition coefficient (Wildman–Crippen LogP) is 1.20. The van der Waals surface area contributed by atoms with Gasteiger partial charge in [-0.15, -0.1) is 10.2 Å². The third kappa shape index (κ3) is 4.44. The average Bonchev–Trinajstić information content (AvgIpc) is 3.37. The molecule has 0 saturated carbocycles. The molecule has 1 fully saturated rings. The van der Waals surface area contributed by atoms with Crippen molar-refractivity contribution < 1.29 is 9.59 Å². The minimum atomic E-state index is -0.0256. The third-order valence-electron chi connectivity index (χ3n) is 5.51. The SMILES string of the molecule is Cc1cccc2c(CCC(=O)NC3CCN(C(=O)Cn4ncnn4)CC3)c[nH]c12. The van der Waals surface area contributed by atoms with Gasteiger partial charge in [-0.05, 0) is 42.5 Å². The van der Waals surface area contributed by atoms with Gasteiger partial charge in [-0.25, -0.2) is 0 Å². The molecular formula is C20H25N7O2. The summed E-state index contributed by atoms with van der Waals surface area (Å²) in [6.07, 6.45) is 5.99. The Morgan fingerprint density at radius 1 is 1.28 bits per heavy atom. The Bertz CT molecular complexity index is 988. The normalized spacial score (nSPS) is 15.0. The van der Waals surface area contributed by atoms with Crippen molar-refractivity contribution in [2.75, 3.05) is 13.1 Å². The minimum absolute atomic E-state index is 0.0256. The van der Waals surface area contributed by atoms with Crippen molar-refractivity contribution in [2.45, 2.75) is 45.2 Å². The topological polar surface area (TPSA) is 109 Å². The number of fused-ring (bicyclic) bond motifs is 1. The molecule has 9 nitrogen and oxygen atoms in total. The predicted molar refractivity (Wildman–Crippen MR) is 107 cm³/mol. The van der Waals surface area contributed by atoms with Crippen molar-refractivity contribution in [3.05, 3.63) is 41.9 Å². The van der Waals surface area contributed by atoms with E-state index >= 15 is 0 Å². The molecule has 0 bridgehead atoms. The van der Waals surface area contributed by atoms with E-state index < -0.39 is 0 Å². The van der Waals surface area contributed by atoms with Gasteiger partial charge in [-0.2, -0.15) is 4.80 Å². The second-order valence-electron chi connectivity index (χ2n) is 7.50. The number of para-hydroxylation sites is 1. The molecule has 3 aromatic rings. The second-order valence-corrected chi connectivity index (χ2v) is 7.50. The molecular weight excluding hydrogens is 370 g/mol. The van der Waals surface area contributed by atoms with Crippen LogP contribution in [0.5, 0.6) is 0 Å². The summed E-state index contributed by atoms with van der Waals surface area (Å²) in [7, 11) is 0. The summed E-state index contributed by atoms with van der Waals surface area (Å²) < 4.78 is 0. The number of piperidine rings is 1. The van der Waals surface area contributed by atoms with Crippen LogP contribution in [0.25, 0.3) is 10.9 Å². The number of aromatic amines is 1. The molecule has 0 spiro atoms. The van der Waals surface area contributed by atoms with Gasteiger partial charge in [0.15, 0.2) is 6.33 Å². The highest BCUT2D eigenvalue weighted by atomic mass is 16.2. The number of hydrogen-bond donors (Lipinski definition) is 2. The molecule has 0 atom stereocenters. The van der Waals surface area contributed by atoms with Crippen LogP contribution in [0.3, 0.4) is 0 Å². The van der Waals surface area contributed by atoms with E-state index in [0.717, 1.165) is 18.4 Å². The fraction of sp³-hybridized carbons (Fsp3) is 0.450. The van der Waals surface area contributed by atoms with E-state index in [1.807, 2.05) is 12.3 Å². The summed E-state index contributed by atoms with van der Waals surface area (Å²) in [4.78, 5) is 31.1. The Hall–Kier alpha value is -3.23. The molecule has 1 saturated heterocycles. The van der Waals surface area contributed by atoms with Crippen LogP contribution in [-0.4, -0.2) is 61.0 Å². The van der Waals surface area contributed by atoms with Gasteiger partial charge in [0.25, 0.3) is 0 Å². The quantitative estimate of drug-likeness (QED) is 0.652. The summed E-state index contributed by atoms with van der Waals surface area (Å²) >= 11 is 0. The highest BCUT2D eigenvalue weighted by molar-refractivity contribution is 5.86. The van der Waals surface area contributed by atoms with E-state index in [1.165, 1.54) is 27.6 Å². The number of likely N-dealkylation sites (tertiary alicyclic amines) is 1. The monoisotopic (exact) mass is 395 g/mol. The number of nitrogens with zero attached hydrogens (tertiary/aromatic N) is 5. The lowest BCUT2D eigenvalue weighted by Gasteiger charge is -2.32. The Morgan fingerprint density at radius 2 is 2.10 bits per heavy atom. The first-order valence-electron chi connectivity index (χ1n) is 9.93. The standard InChI is InChI=1S/C20H25N7O2/c1-14-3-2-4-17-15(11-21-20(14)17)5-6-18(28)24-16-7-9-26(10-8-16)19(29)12-27-23-13-22-25-27/h2-4,11,13,16,21H,5-10,12H2,1H3,(H,24,28). The number of aryl methyl sites for hydroxylation is 2. The molecule has 0 unspecified atom stereocenters. The molecule has 9 heteroatoms. The van der Waals surface area contributed by atoms with Crippen LogP contribution in [0.15, 0.2) is 30.7 Å². The van der Waals surface area contributed by atoms with Gasteiger partial charge in [0, 0.05) is 42.7 Å². The number of benzene rings is 1. The maximum atomic E-state index is 12.4. The average molecular weight is 395 g/mol. The van der Waals surface area contributed by atoms with Crippen molar-refractivity contribution in [1.29, 1.82) is 0 Å². The largest absolute Gasteiger partial charge is 0.361 e. The van der Waals surface area contributed by atoms with Crippen LogP contribution in [0.4, 0.5) is 0 Å². The van der Waals surface area contributed by atoms with E-state index in [-0.39, 0.29) is 24.4 Å². The second kappa shape index (κ2) is 8.42. The van der Waals surface area contributed by atoms with Crippen molar-refractivity contribution in [1.82, 2.24) is 35.4 Å². The highest BCUT2D eigenvalue weighted by Crippen LogP contribution is 2.22. The molecule has 2 aromatic heterocycles. The summed E-state index contributed by atoms with van der Waals surface area (Å²) in [6.45, 7) is 3.43. The van der Waals surface area contributed by atoms with Gasteiger partial charge in [-0.1, -0.05) is 18.2 Å². The smallest absolute Gasteiger partial charge is 0.246 e.